The quantitative estimate of drug-likeness (QED) is 0.898. The summed E-state index contributed by atoms with van der Waals surface area (Å²) in [5.74, 6) is -0.0921. The van der Waals surface area contributed by atoms with E-state index in [1.807, 2.05) is 48.3 Å². The third-order valence-corrected chi connectivity index (χ3v) is 4.33. The van der Waals surface area contributed by atoms with E-state index in [0.717, 1.165) is 30.4 Å². The van der Waals surface area contributed by atoms with Crippen molar-refractivity contribution in [2.75, 3.05) is 0 Å². The highest BCUT2D eigenvalue weighted by Gasteiger charge is 2.26. The van der Waals surface area contributed by atoms with Gasteiger partial charge in [0.05, 0.1) is 18.3 Å². The van der Waals surface area contributed by atoms with Crippen LogP contribution in [0.2, 0.25) is 0 Å². The number of nitrogens with one attached hydrogen (secondary N) is 1. The lowest BCUT2D eigenvalue weighted by Crippen LogP contribution is -2.44. The van der Waals surface area contributed by atoms with Crippen LogP contribution in [-0.2, 0) is 24.7 Å². The van der Waals surface area contributed by atoms with Crippen molar-refractivity contribution in [1.29, 1.82) is 0 Å². The number of rotatable bonds is 4. The molecule has 0 saturated carbocycles. The van der Waals surface area contributed by atoms with Crippen molar-refractivity contribution in [3.8, 4) is 0 Å². The number of fused-ring (bicyclic) bond motifs is 1. The van der Waals surface area contributed by atoms with E-state index in [2.05, 4.69) is 10.4 Å². The Morgan fingerprint density at radius 3 is 3.00 bits per heavy atom. The number of amides is 1. The molecule has 2 aromatic rings. The monoisotopic (exact) mass is 298 g/mol. The minimum Gasteiger partial charge on any atom is -0.348 e. The van der Waals surface area contributed by atoms with Crippen molar-refractivity contribution in [3.63, 3.8) is 0 Å². The molecule has 5 nitrogen and oxygen atoms in total. The van der Waals surface area contributed by atoms with E-state index in [0.29, 0.717) is 6.42 Å². The minimum atomic E-state index is -0.524. The van der Waals surface area contributed by atoms with Gasteiger partial charge in [-0.2, -0.15) is 5.10 Å². The molecule has 0 spiro atoms. The first-order chi connectivity index (χ1) is 10.6. The van der Waals surface area contributed by atoms with Gasteiger partial charge in [0.1, 0.15) is 0 Å². The topological polar surface area (TPSA) is 72.9 Å². The zero-order chi connectivity index (χ0) is 15.5. The molecule has 0 saturated heterocycles. The molecule has 1 aromatic carbocycles. The van der Waals surface area contributed by atoms with Crippen molar-refractivity contribution in [3.05, 3.63) is 53.3 Å². The number of aromatic nitrogens is 2. The summed E-state index contributed by atoms with van der Waals surface area (Å²) in [6.07, 6.45) is 5.45. The molecule has 0 aliphatic heterocycles. The summed E-state index contributed by atoms with van der Waals surface area (Å²) in [5, 5.41) is 7.39. The second kappa shape index (κ2) is 6.32. The van der Waals surface area contributed by atoms with Crippen LogP contribution in [0.4, 0.5) is 0 Å². The maximum Gasteiger partial charge on any atom is 0.237 e. The lowest BCUT2D eigenvalue weighted by Gasteiger charge is -2.25. The molecule has 22 heavy (non-hydrogen) atoms. The summed E-state index contributed by atoms with van der Waals surface area (Å²) >= 11 is 0. The van der Waals surface area contributed by atoms with Crippen LogP contribution in [0, 0.1) is 0 Å². The van der Waals surface area contributed by atoms with Crippen molar-refractivity contribution in [2.45, 2.75) is 37.8 Å². The first kappa shape index (κ1) is 14.8. The van der Waals surface area contributed by atoms with Gasteiger partial charge < -0.3 is 11.1 Å². The molecule has 3 rings (SSSR count). The highest BCUT2D eigenvalue weighted by atomic mass is 16.2. The molecule has 5 heteroatoms. The number of nitrogens with two attached hydrogens (primary N) is 1. The van der Waals surface area contributed by atoms with Gasteiger partial charge in [-0.05, 0) is 31.2 Å². The number of hydrogen-bond acceptors (Lipinski definition) is 3. The van der Waals surface area contributed by atoms with E-state index in [4.69, 9.17) is 5.73 Å². The molecule has 0 bridgehead atoms. The molecule has 0 radical (unpaired) electrons. The molecular weight excluding hydrogens is 276 g/mol. The zero-order valence-electron chi connectivity index (χ0n) is 12.8. The molecule has 1 amide bonds. The van der Waals surface area contributed by atoms with E-state index in [1.165, 1.54) is 5.69 Å². The standard InChI is InChI=1S/C17H22N4O/c1-21-16-9-5-8-15(13(16)11-19-21)20-17(22)14(18)10-12-6-3-2-4-7-12/h2-4,6-7,11,14-15H,5,8-10,18H2,1H3,(H,20,22)/t14-,15?/m0/s1. The van der Waals surface area contributed by atoms with Crippen LogP contribution >= 0.6 is 0 Å². The van der Waals surface area contributed by atoms with E-state index in [9.17, 15) is 4.79 Å². The summed E-state index contributed by atoms with van der Waals surface area (Å²) in [7, 11) is 1.95. The third kappa shape index (κ3) is 3.04. The molecule has 1 aliphatic carbocycles. The Bertz CT molecular complexity index is 650. The second-order valence-corrected chi connectivity index (χ2v) is 5.92. The number of nitrogens with zero attached hydrogens (tertiary/aromatic N) is 2. The number of benzene rings is 1. The Hall–Kier alpha value is -2.14. The van der Waals surface area contributed by atoms with Crippen LogP contribution in [0.15, 0.2) is 36.5 Å². The van der Waals surface area contributed by atoms with Crippen LogP contribution in [0.3, 0.4) is 0 Å². The van der Waals surface area contributed by atoms with Gasteiger partial charge in [-0.1, -0.05) is 30.3 Å². The molecular formula is C17H22N4O. The number of hydrogen-bond donors (Lipinski definition) is 2. The smallest absolute Gasteiger partial charge is 0.237 e. The van der Waals surface area contributed by atoms with Gasteiger partial charge in [0.2, 0.25) is 5.91 Å². The van der Waals surface area contributed by atoms with Crippen LogP contribution in [0.25, 0.3) is 0 Å². The summed E-state index contributed by atoms with van der Waals surface area (Å²) in [6.45, 7) is 0. The number of carbonyl (C=O) groups is 1. The average Bonchev–Trinajstić information content (AvgIpc) is 2.91. The van der Waals surface area contributed by atoms with E-state index < -0.39 is 6.04 Å². The third-order valence-electron chi connectivity index (χ3n) is 4.33. The molecule has 1 aliphatic rings. The van der Waals surface area contributed by atoms with E-state index in [-0.39, 0.29) is 11.9 Å². The fourth-order valence-electron chi connectivity index (χ4n) is 3.10. The molecule has 0 fully saturated rings. The maximum absolute atomic E-state index is 12.4. The maximum atomic E-state index is 12.4. The van der Waals surface area contributed by atoms with E-state index in [1.54, 1.807) is 0 Å². The predicted octanol–water partition coefficient (Wildman–Crippen LogP) is 1.48. The fraction of sp³-hybridized carbons (Fsp3) is 0.412. The van der Waals surface area contributed by atoms with Crippen LogP contribution in [-0.4, -0.2) is 21.7 Å². The highest BCUT2D eigenvalue weighted by Crippen LogP contribution is 2.29. The summed E-state index contributed by atoms with van der Waals surface area (Å²) in [4.78, 5) is 12.4. The summed E-state index contributed by atoms with van der Waals surface area (Å²) < 4.78 is 1.90. The van der Waals surface area contributed by atoms with E-state index >= 15 is 0 Å². The normalized spacial score (nSPS) is 18.5. The Balaban J connectivity index is 1.65. The van der Waals surface area contributed by atoms with Crippen LogP contribution in [0.5, 0.6) is 0 Å². The van der Waals surface area contributed by atoms with Crippen LogP contribution < -0.4 is 11.1 Å². The molecule has 3 N–H and O–H groups in total. The molecule has 1 aromatic heterocycles. The Morgan fingerprint density at radius 2 is 2.23 bits per heavy atom. The highest BCUT2D eigenvalue weighted by molar-refractivity contribution is 5.82. The Kier molecular flexibility index (Phi) is 4.24. The molecule has 1 unspecified atom stereocenters. The van der Waals surface area contributed by atoms with Gasteiger partial charge in [-0.15, -0.1) is 0 Å². The fourth-order valence-corrected chi connectivity index (χ4v) is 3.10. The molecule has 116 valence electrons. The van der Waals surface area contributed by atoms with Crippen molar-refractivity contribution < 1.29 is 4.79 Å². The Morgan fingerprint density at radius 1 is 1.45 bits per heavy atom. The zero-order valence-corrected chi connectivity index (χ0v) is 12.8. The van der Waals surface area contributed by atoms with Gasteiger partial charge in [0.25, 0.3) is 0 Å². The molecule has 1 heterocycles. The SMILES string of the molecule is Cn1ncc2c1CCCC2NC(=O)[C@@H](N)Cc1ccccc1. The summed E-state index contributed by atoms with van der Waals surface area (Å²) in [6, 6.07) is 9.38. The largest absolute Gasteiger partial charge is 0.348 e. The van der Waals surface area contributed by atoms with Gasteiger partial charge >= 0.3 is 0 Å². The summed E-state index contributed by atoms with van der Waals surface area (Å²) in [5.41, 5.74) is 9.49. The van der Waals surface area contributed by atoms with Crippen molar-refractivity contribution in [2.24, 2.45) is 12.8 Å². The first-order valence-electron chi connectivity index (χ1n) is 7.76. The number of aryl methyl sites for hydroxylation is 1. The lowest BCUT2D eigenvalue weighted by atomic mass is 9.92. The van der Waals surface area contributed by atoms with Gasteiger partial charge in [-0.3, -0.25) is 9.48 Å². The lowest BCUT2D eigenvalue weighted by molar-refractivity contribution is -0.123. The number of carbonyl (C=O) groups excluding carboxylic acids is 1. The minimum absolute atomic E-state index is 0.0340. The predicted molar refractivity (Wildman–Crippen MR) is 85.2 cm³/mol. The first-order valence-corrected chi connectivity index (χ1v) is 7.76. The van der Waals surface area contributed by atoms with Crippen molar-refractivity contribution >= 4 is 5.91 Å². The van der Waals surface area contributed by atoms with Crippen LogP contribution in [0.1, 0.15) is 35.7 Å². The van der Waals surface area contributed by atoms with Gasteiger partial charge in [0, 0.05) is 18.3 Å². The average molecular weight is 298 g/mol. The van der Waals surface area contributed by atoms with Gasteiger partial charge in [-0.25, -0.2) is 0 Å². The Labute approximate surface area is 130 Å². The van der Waals surface area contributed by atoms with Gasteiger partial charge in [0.15, 0.2) is 0 Å². The molecule has 2 atom stereocenters. The second-order valence-electron chi connectivity index (χ2n) is 5.92. The van der Waals surface area contributed by atoms with Crippen molar-refractivity contribution in [1.82, 2.24) is 15.1 Å².